The molecule has 0 unspecified atom stereocenters. The van der Waals surface area contributed by atoms with Crippen molar-refractivity contribution in [1.82, 2.24) is 0 Å². The third-order valence-electron chi connectivity index (χ3n) is 0.204. The van der Waals surface area contributed by atoms with E-state index in [1.807, 2.05) is 7.05 Å². The molecule has 1 radical (unpaired) electrons. The summed E-state index contributed by atoms with van der Waals surface area (Å²) in [6.45, 7) is 3.37. The summed E-state index contributed by atoms with van der Waals surface area (Å²) in [5.41, 5.74) is 0. The van der Waals surface area contributed by atoms with E-state index in [0.717, 1.165) is 0 Å². The number of rotatable bonds is 1. The molecule has 0 heterocycles. The van der Waals surface area contributed by atoms with Gasteiger partial charge in [0.15, 0.2) is 0 Å². The highest BCUT2D eigenvalue weighted by Gasteiger charge is 1.51. The average molecular weight is 57.1 g/mol. The topological polar surface area (TPSA) is 15.6 Å². The van der Waals surface area contributed by atoms with E-state index in [0.29, 0.717) is 0 Å². The summed E-state index contributed by atoms with van der Waals surface area (Å²) in [6.07, 6.45) is 1.62. The maximum absolute atomic E-state index is 3.37. The van der Waals surface area contributed by atoms with Crippen molar-refractivity contribution in [2.45, 2.75) is 0 Å². The summed E-state index contributed by atoms with van der Waals surface area (Å²) in [5, 5.41) is 2.69. The number of nitrogens with one attached hydrogen (secondary N) is 1. The summed E-state index contributed by atoms with van der Waals surface area (Å²) in [5.74, 6) is 0. The van der Waals surface area contributed by atoms with Crippen LogP contribution in [0.5, 0.6) is 0 Å². The minimum absolute atomic E-state index is 1.62. The Morgan fingerprint density at radius 3 is 2.25 bits per heavy atom. The molecule has 1 N–H and O–H groups in total. The molecule has 0 aromatic heterocycles. The van der Waals surface area contributed by atoms with Crippen molar-refractivity contribution in [2.75, 3.05) is 7.05 Å². The van der Waals surface area contributed by atoms with Crippen LogP contribution in [0.1, 0.15) is 0 Å². The lowest BCUT2D eigenvalue weighted by Gasteiger charge is -1.52. The predicted octanol–water partition coefficient (Wildman–Crippen LogP) is -0.891. The zero-order valence-corrected chi connectivity index (χ0v) is 2.78. The summed E-state index contributed by atoms with van der Waals surface area (Å²) in [6, 6.07) is 0. The monoisotopic (exact) mass is 57.1 g/mol. The van der Waals surface area contributed by atoms with Crippen molar-refractivity contribution in [3.05, 3.63) is 12.8 Å². The first kappa shape index (κ1) is 3.70. The highest BCUT2D eigenvalue weighted by atomic mass is 14.8. The van der Waals surface area contributed by atoms with Crippen LogP contribution in [-0.2, 0) is 0 Å². The highest BCUT2D eigenvalue weighted by Crippen LogP contribution is 1.11. The highest BCUT2D eigenvalue weighted by molar-refractivity contribution is 4.37. The zero-order chi connectivity index (χ0) is 3.41. The van der Waals surface area contributed by atoms with Gasteiger partial charge < -0.3 is 0 Å². The minimum Gasteiger partial charge on any atom is -0.157 e. The second-order valence-corrected chi connectivity index (χ2v) is 0.493. The molecule has 0 amide bonds. The molecule has 0 fully saturated rings. The van der Waals surface area contributed by atoms with E-state index in [1.165, 1.54) is 0 Å². The van der Waals surface area contributed by atoms with E-state index in [4.69, 9.17) is 0 Å². The number of hydrogen-bond donors (Lipinski definition) is 1. The van der Waals surface area contributed by atoms with Crippen LogP contribution in [-0.4, -0.2) is 7.05 Å². The largest absolute Gasteiger partial charge is 0.157 e. The Labute approximate surface area is 26.3 Å². The van der Waals surface area contributed by atoms with E-state index in [1.54, 1.807) is 6.20 Å². The quantitative estimate of drug-likeness (QED) is 0.402. The van der Waals surface area contributed by atoms with E-state index < -0.39 is 0 Å². The molecule has 0 spiro atoms. The molecule has 0 saturated heterocycles. The van der Waals surface area contributed by atoms with Gasteiger partial charge in [-0.05, 0) is 6.58 Å². The molecule has 0 aromatic carbocycles. The Bertz CT molecular complexity index is 17.2. The standard InChI is InChI=1S/C3H7N/c1-3-4-2/h3-4H,1H2,2H3/q+1. The smallest absolute Gasteiger partial charge is 0.135 e. The Morgan fingerprint density at radius 2 is 2.25 bits per heavy atom. The molecule has 0 saturated carbocycles. The first-order chi connectivity index (χ1) is 1.91. The molecule has 0 aromatic rings. The Hall–Kier alpha value is -0.300. The maximum atomic E-state index is 3.37. The Kier molecular flexibility index (Phi) is 2.50. The van der Waals surface area contributed by atoms with Crippen LogP contribution < -0.4 is 5.32 Å². The van der Waals surface area contributed by atoms with Crippen molar-refractivity contribution in [3.8, 4) is 0 Å². The third-order valence-corrected chi connectivity index (χ3v) is 0.204. The fourth-order valence-electron chi connectivity index (χ4n) is 0. The fourth-order valence-corrected chi connectivity index (χ4v) is 0. The molecular weight excluding hydrogens is 50.0 g/mol. The molecule has 0 atom stereocenters. The van der Waals surface area contributed by atoms with Gasteiger partial charge in [-0.2, -0.15) is 5.32 Å². The molecule has 0 bridgehead atoms. The molecule has 0 aliphatic rings. The molecule has 1 heteroatoms. The summed E-state index contributed by atoms with van der Waals surface area (Å²) in [4.78, 5) is 0. The van der Waals surface area contributed by atoms with Crippen LogP contribution >= 0.6 is 0 Å². The molecule has 0 aliphatic heterocycles. The second-order valence-electron chi connectivity index (χ2n) is 0.493. The van der Waals surface area contributed by atoms with Gasteiger partial charge in [0.05, 0.1) is 0 Å². The van der Waals surface area contributed by atoms with E-state index in [-0.39, 0.29) is 0 Å². The van der Waals surface area contributed by atoms with Crippen LogP contribution in [0, 0.1) is 0 Å². The van der Waals surface area contributed by atoms with E-state index >= 15 is 0 Å². The third kappa shape index (κ3) is 1.70. The van der Waals surface area contributed by atoms with Gasteiger partial charge in [-0.25, -0.2) is 0 Å². The molecule has 0 aliphatic carbocycles. The van der Waals surface area contributed by atoms with Gasteiger partial charge in [0, 0.05) is 0 Å². The second kappa shape index (κ2) is 2.70. The van der Waals surface area contributed by atoms with Crippen LogP contribution in [0.25, 0.3) is 0 Å². The van der Waals surface area contributed by atoms with Crippen LogP contribution in [0.15, 0.2) is 12.8 Å². The fraction of sp³-hybridized carbons (Fsp3) is 0.333. The molecular formula is C3H7N+. The van der Waals surface area contributed by atoms with Gasteiger partial charge >= 0.3 is 0 Å². The average Bonchev–Trinajstić information content (AvgIpc) is 1.37. The van der Waals surface area contributed by atoms with Gasteiger partial charge in [-0.1, -0.05) is 0 Å². The zero-order valence-electron chi connectivity index (χ0n) is 2.78. The Balaban J connectivity index is 2.30. The molecule has 0 rings (SSSR count). The first-order valence-corrected chi connectivity index (χ1v) is 1.20. The predicted molar refractivity (Wildman–Crippen MR) is 17.1 cm³/mol. The van der Waals surface area contributed by atoms with Gasteiger partial charge in [0.25, 0.3) is 0 Å². The van der Waals surface area contributed by atoms with E-state index in [2.05, 4.69) is 11.9 Å². The van der Waals surface area contributed by atoms with Crippen molar-refractivity contribution in [2.24, 2.45) is 0 Å². The maximum Gasteiger partial charge on any atom is 0.135 e. The van der Waals surface area contributed by atoms with E-state index in [9.17, 15) is 0 Å². The summed E-state index contributed by atoms with van der Waals surface area (Å²) >= 11 is 0. The molecule has 23 valence electrons. The van der Waals surface area contributed by atoms with Crippen LogP contribution in [0.4, 0.5) is 0 Å². The summed E-state index contributed by atoms with van der Waals surface area (Å²) in [7, 11) is 1.81. The van der Waals surface area contributed by atoms with Gasteiger partial charge in [0.2, 0.25) is 0 Å². The number of hydrogen-bond acceptors (Lipinski definition) is 1. The van der Waals surface area contributed by atoms with Gasteiger partial charge in [-0.3, -0.25) is 0 Å². The van der Waals surface area contributed by atoms with Gasteiger partial charge in [0.1, 0.15) is 13.2 Å². The lowest BCUT2D eigenvalue weighted by Crippen LogP contribution is -2.72. The van der Waals surface area contributed by atoms with Crippen molar-refractivity contribution in [1.29, 1.82) is 0 Å². The lowest BCUT2D eigenvalue weighted by atomic mass is 11.0. The minimum atomic E-state index is 1.62. The van der Waals surface area contributed by atoms with Crippen molar-refractivity contribution in [3.63, 3.8) is 0 Å². The van der Waals surface area contributed by atoms with Gasteiger partial charge in [-0.15, -0.1) is 0 Å². The van der Waals surface area contributed by atoms with Crippen LogP contribution in [0.3, 0.4) is 0 Å². The normalized spacial score (nSPS) is 6.25. The first-order valence-electron chi connectivity index (χ1n) is 1.20. The van der Waals surface area contributed by atoms with Crippen LogP contribution in [0.2, 0.25) is 0 Å². The SMILES string of the molecule is C=C[NH+]C. The van der Waals surface area contributed by atoms with Crippen molar-refractivity contribution >= 4 is 0 Å². The Morgan fingerprint density at radius 1 is 2.00 bits per heavy atom. The molecule has 1 nitrogen and oxygen atoms in total. The molecule has 4 heavy (non-hydrogen) atoms. The lowest BCUT2D eigenvalue weighted by molar-refractivity contribution is -0.555. The summed E-state index contributed by atoms with van der Waals surface area (Å²) < 4.78 is 0. The van der Waals surface area contributed by atoms with Crippen molar-refractivity contribution < 1.29 is 5.32 Å².